The van der Waals surface area contributed by atoms with Crippen molar-refractivity contribution in [2.24, 2.45) is 12.5 Å². The van der Waals surface area contributed by atoms with Crippen LogP contribution in [0.3, 0.4) is 0 Å². The minimum atomic E-state index is -0.376. The molecule has 0 atom stereocenters. The van der Waals surface area contributed by atoms with Crippen LogP contribution in [-0.2, 0) is 18.3 Å². The van der Waals surface area contributed by atoms with Crippen LogP contribution in [0.25, 0.3) is 11.0 Å². The monoisotopic (exact) mass is 406 g/mol. The predicted octanol–water partition coefficient (Wildman–Crippen LogP) is 2.25. The summed E-state index contributed by atoms with van der Waals surface area (Å²) in [4.78, 5) is 30.1. The van der Waals surface area contributed by atoms with E-state index in [1.54, 1.807) is 19.3 Å². The number of nitrogens with zero attached hydrogens (tertiary/aromatic N) is 6. The summed E-state index contributed by atoms with van der Waals surface area (Å²) in [6.45, 7) is 7.03. The lowest BCUT2D eigenvalue weighted by atomic mass is 9.79. The topological polar surface area (TPSA) is 76.4 Å². The second-order valence-corrected chi connectivity index (χ2v) is 8.38. The highest BCUT2D eigenvalue weighted by Crippen LogP contribution is 2.41. The highest BCUT2D eigenvalue weighted by molar-refractivity contribution is 5.88. The van der Waals surface area contributed by atoms with E-state index < -0.39 is 0 Å². The van der Waals surface area contributed by atoms with E-state index in [2.05, 4.69) is 49.6 Å². The predicted molar refractivity (Wildman–Crippen MR) is 113 cm³/mol. The first kappa shape index (κ1) is 19.0. The van der Waals surface area contributed by atoms with Crippen LogP contribution in [0, 0.1) is 5.41 Å². The van der Waals surface area contributed by atoms with Crippen molar-refractivity contribution in [2.75, 3.05) is 37.7 Å². The molecule has 8 nitrogen and oxygen atoms in total. The smallest absolute Gasteiger partial charge is 0.341 e. The number of ether oxygens (including phenoxy) is 1. The third kappa shape index (κ3) is 3.31. The third-order valence-corrected chi connectivity index (χ3v) is 6.23. The first-order valence-corrected chi connectivity index (χ1v) is 10.4. The van der Waals surface area contributed by atoms with Crippen LogP contribution in [0.5, 0.6) is 0 Å². The van der Waals surface area contributed by atoms with Gasteiger partial charge in [-0.3, -0.25) is 4.90 Å². The Hall–Kier alpha value is -3.00. The van der Waals surface area contributed by atoms with Crippen LogP contribution in [0.1, 0.15) is 29.5 Å². The van der Waals surface area contributed by atoms with Crippen molar-refractivity contribution in [3.05, 3.63) is 48.0 Å². The summed E-state index contributed by atoms with van der Waals surface area (Å²) in [7, 11) is 2.09. The number of hydrogen-bond acceptors (Lipinski definition) is 7. The lowest BCUT2D eigenvalue weighted by molar-refractivity contribution is 0.00923. The second kappa shape index (κ2) is 7.36. The molecule has 1 spiro atoms. The molecule has 3 aromatic rings. The molecule has 0 bridgehead atoms. The Bertz CT molecular complexity index is 1070. The molecule has 2 fully saturated rings. The van der Waals surface area contributed by atoms with Crippen LogP contribution in [0.4, 0.5) is 5.95 Å². The number of para-hydroxylation sites is 2. The van der Waals surface area contributed by atoms with Gasteiger partial charge < -0.3 is 14.2 Å². The highest BCUT2D eigenvalue weighted by atomic mass is 16.5. The number of aromatic nitrogens is 4. The number of carbonyl (C=O) groups excluding carboxylic acids is 1. The number of benzene rings is 1. The van der Waals surface area contributed by atoms with E-state index in [1.165, 1.54) is 5.52 Å². The molecule has 0 unspecified atom stereocenters. The SMILES string of the molecule is CCOC(=O)c1cnc(N2CCC3(CN(Cc4nc5ccccc5n4C)C3)C2)nc1. The summed E-state index contributed by atoms with van der Waals surface area (Å²) in [5, 5.41) is 0. The Labute approximate surface area is 175 Å². The van der Waals surface area contributed by atoms with Gasteiger partial charge in [0.05, 0.1) is 29.7 Å². The molecule has 1 aromatic carbocycles. The van der Waals surface area contributed by atoms with Crippen LogP contribution in [0.2, 0.25) is 0 Å². The van der Waals surface area contributed by atoms with Crippen molar-refractivity contribution in [3.63, 3.8) is 0 Å². The molecule has 2 saturated heterocycles. The molecular formula is C22H26N6O2. The van der Waals surface area contributed by atoms with Crippen LogP contribution < -0.4 is 4.90 Å². The van der Waals surface area contributed by atoms with Gasteiger partial charge in [0.15, 0.2) is 0 Å². The van der Waals surface area contributed by atoms with Gasteiger partial charge in [0, 0.05) is 51.0 Å². The zero-order chi connectivity index (χ0) is 20.7. The molecule has 5 rings (SSSR count). The van der Waals surface area contributed by atoms with Gasteiger partial charge >= 0.3 is 5.97 Å². The first-order chi connectivity index (χ1) is 14.6. The lowest BCUT2D eigenvalue weighted by Gasteiger charge is -2.47. The average Bonchev–Trinajstić information content (AvgIpc) is 3.31. The molecule has 2 aliphatic heterocycles. The van der Waals surface area contributed by atoms with Gasteiger partial charge in [-0.25, -0.2) is 19.7 Å². The van der Waals surface area contributed by atoms with Gasteiger partial charge in [-0.2, -0.15) is 0 Å². The van der Waals surface area contributed by atoms with Crippen LogP contribution in [0.15, 0.2) is 36.7 Å². The zero-order valence-corrected chi connectivity index (χ0v) is 17.4. The molecule has 0 aliphatic carbocycles. The quantitative estimate of drug-likeness (QED) is 0.602. The maximum atomic E-state index is 11.8. The molecule has 0 radical (unpaired) electrons. The zero-order valence-electron chi connectivity index (χ0n) is 17.4. The van der Waals surface area contributed by atoms with Gasteiger partial charge in [-0.15, -0.1) is 0 Å². The fourth-order valence-electron chi connectivity index (χ4n) is 4.72. The van der Waals surface area contributed by atoms with E-state index >= 15 is 0 Å². The number of likely N-dealkylation sites (tertiary alicyclic amines) is 1. The number of anilines is 1. The first-order valence-electron chi connectivity index (χ1n) is 10.4. The Morgan fingerprint density at radius 1 is 1.17 bits per heavy atom. The number of aryl methyl sites for hydroxylation is 1. The standard InChI is InChI=1S/C22H26N6O2/c1-3-30-20(29)16-10-23-21(24-11-16)28-9-8-22(15-28)13-27(14-22)12-19-25-17-6-4-5-7-18(17)26(19)2/h4-7,10-11H,3,8-9,12-15H2,1-2H3. The van der Waals surface area contributed by atoms with Gasteiger partial charge in [-0.1, -0.05) is 12.1 Å². The van der Waals surface area contributed by atoms with Gasteiger partial charge in [0.2, 0.25) is 5.95 Å². The van der Waals surface area contributed by atoms with E-state index in [1.807, 2.05) is 6.07 Å². The second-order valence-electron chi connectivity index (χ2n) is 8.38. The summed E-state index contributed by atoms with van der Waals surface area (Å²) < 4.78 is 7.19. The molecule has 0 amide bonds. The Morgan fingerprint density at radius 2 is 1.93 bits per heavy atom. The number of imidazole rings is 1. The van der Waals surface area contributed by atoms with Gasteiger partial charge in [-0.05, 0) is 25.5 Å². The Balaban J connectivity index is 1.20. The van der Waals surface area contributed by atoms with E-state index in [-0.39, 0.29) is 5.97 Å². The fourth-order valence-corrected chi connectivity index (χ4v) is 4.72. The van der Waals surface area contributed by atoms with Crippen molar-refractivity contribution in [1.82, 2.24) is 24.4 Å². The lowest BCUT2D eigenvalue weighted by Crippen LogP contribution is -2.57. The summed E-state index contributed by atoms with van der Waals surface area (Å²) in [6.07, 6.45) is 4.25. The van der Waals surface area contributed by atoms with Crippen LogP contribution in [-0.4, -0.2) is 63.2 Å². The number of esters is 1. The average molecular weight is 406 g/mol. The van der Waals surface area contributed by atoms with Crippen molar-refractivity contribution < 1.29 is 9.53 Å². The minimum Gasteiger partial charge on any atom is -0.462 e. The van der Waals surface area contributed by atoms with Gasteiger partial charge in [0.25, 0.3) is 0 Å². The molecule has 0 saturated carbocycles. The molecule has 2 aromatic heterocycles. The van der Waals surface area contributed by atoms with Crippen molar-refractivity contribution >= 4 is 23.0 Å². The third-order valence-electron chi connectivity index (χ3n) is 6.23. The maximum absolute atomic E-state index is 11.8. The summed E-state index contributed by atoms with van der Waals surface area (Å²) in [5.74, 6) is 1.42. The van der Waals surface area contributed by atoms with Crippen molar-refractivity contribution in [3.8, 4) is 0 Å². The summed E-state index contributed by atoms with van der Waals surface area (Å²) in [6, 6.07) is 8.27. The number of rotatable bonds is 5. The number of fused-ring (bicyclic) bond motifs is 1. The van der Waals surface area contributed by atoms with E-state index in [0.29, 0.717) is 23.5 Å². The molecule has 156 valence electrons. The minimum absolute atomic E-state index is 0.299. The van der Waals surface area contributed by atoms with Crippen molar-refractivity contribution in [2.45, 2.75) is 19.9 Å². The summed E-state index contributed by atoms with van der Waals surface area (Å²) >= 11 is 0. The van der Waals surface area contributed by atoms with E-state index in [4.69, 9.17) is 9.72 Å². The fraction of sp³-hybridized carbons (Fsp3) is 0.455. The molecule has 0 N–H and O–H groups in total. The van der Waals surface area contributed by atoms with Gasteiger partial charge in [0.1, 0.15) is 5.82 Å². The van der Waals surface area contributed by atoms with Crippen LogP contribution >= 0.6 is 0 Å². The molecule has 30 heavy (non-hydrogen) atoms. The Kier molecular flexibility index (Phi) is 4.66. The molecule has 2 aliphatic rings. The number of carbonyl (C=O) groups is 1. The number of hydrogen-bond donors (Lipinski definition) is 0. The molecular weight excluding hydrogens is 380 g/mol. The Morgan fingerprint density at radius 3 is 2.67 bits per heavy atom. The summed E-state index contributed by atoms with van der Waals surface area (Å²) in [5.41, 5.74) is 2.93. The largest absolute Gasteiger partial charge is 0.462 e. The molecule has 4 heterocycles. The van der Waals surface area contributed by atoms with E-state index in [9.17, 15) is 4.79 Å². The van der Waals surface area contributed by atoms with E-state index in [0.717, 1.165) is 50.5 Å². The molecule has 8 heteroatoms. The van der Waals surface area contributed by atoms with Crippen molar-refractivity contribution in [1.29, 1.82) is 0 Å². The maximum Gasteiger partial charge on any atom is 0.341 e. The normalized spacial score (nSPS) is 18.1. The highest BCUT2D eigenvalue weighted by Gasteiger charge is 2.48.